The maximum absolute atomic E-state index is 12.8. The number of hydrogen-bond acceptors (Lipinski definition) is 9. The first-order valence-corrected chi connectivity index (χ1v) is 12.9. The Morgan fingerprint density at radius 3 is 2.72 bits per heavy atom. The van der Waals surface area contributed by atoms with Crippen LogP contribution in [0.25, 0.3) is 27.9 Å². The molecule has 39 heavy (non-hydrogen) atoms. The van der Waals surface area contributed by atoms with Gasteiger partial charge in [-0.1, -0.05) is 6.08 Å². The maximum Gasteiger partial charge on any atom is 0.356 e. The molecule has 0 aromatic carbocycles. The highest BCUT2D eigenvalue weighted by molar-refractivity contribution is 5.94. The first kappa shape index (κ1) is 24.9. The molecule has 0 radical (unpaired) electrons. The largest absolute Gasteiger partial charge is 0.464 e. The molecule has 0 aliphatic carbocycles. The molecule has 4 aromatic heterocycles. The third kappa shape index (κ3) is 4.46. The minimum atomic E-state index is -0.491. The standard InChI is InChI=1S/C29H28N6O4/c1-17-13-20-24(34(2)28(17)36)14-23(18-8-11-39-12-9-18)33-27(20)35-10-4-5-21-25(35)16-31-26(32-21)19-6-7-22(30-15-19)29(37)38-3/h6-8,13-16H,4-5,9-12H2,1-3H3. The number of rotatable bonds is 4. The monoisotopic (exact) mass is 524 g/mol. The van der Waals surface area contributed by atoms with Crippen LogP contribution in [0.3, 0.4) is 0 Å². The molecule has 6 heterocycles. The van der Waals surface area contributed by atoms with Gasteiger partial charge in [-0.3, -0.25) is 4.79 Å². The van der Waals surface area contributed by atoms with Crippen LogP contribution in [0.5, 0.6) is 0 Å². The van der Waals surface area contributed by atoms with Crippen molar-refractivity contribution in [3.8, 4) is 11.4 Å². The summed E-state index contributed by atoms with van der Waals surface area (Å²) in [5.74, 6) is 0.835. The van der Waals surface area contributed by atoms with Crippen molar-refractivity contribution in [1.29, 1.82) is 0 Å². The van der Waals surface area contributed by atoms with E-state index in [1.807, 2.05) is 32.3 Å². The molecule has 6 rings (SSSR count). The van der Waals surface area contributed by atoms with Crippen molar-refractivity contribution >= 4 is 34.0 Å². The minimum absolute atomic E-state index is 0.0228. The van der Waals surface area contributed by atoms with E-state index in [1.54, 1.807) is 22.9 Å². The normalized spacial score (nSPS) is 15.2. The Labute approximate surface area is 225 Å². The number of aryl methyl sites for hydroxylation is 3. The summed E-state index contributed by atoms with van der Waals surface area (Å²) in [6.45, 7) is 3.78. The molecule has 0 fully saturated rings. The van der Waals surface area contributed by atoms with Gasteiger partial charge in [-0.05, 0) is 56.0 Å². The second-order valence-corrected chi connectivity index (χ2v) is 9.71. The lowest BCUT2D eigenvalue weighted by atomic mass is 10.0. The molecule has 0 saturated heterocycles. The Balaban J connectivity index is 1.46. The highest BCUT2D eigenvalue weighted by Crippen LogP contribution is 2.37. The zero-order chi connectivity index (χ0) is 27.1. The van der Waals surface area contributed by atoms with Gasteiger partial charge >= 0.3 is 5.97 Å². The SMILES string of the molecule is COC(=O)c1ccc(-c2ncc3c(n2)CCCN3c2nc(C3=CCOCC3)cc3c2cc(C)c(=O)n3C)cn1. The Kier molecular flexibility index (Phi) is 6.40. The number of pyridine rings is 3. The van der Waals surface area contributed by atoms with Crippen molar-refractivity contribution in [2.75, 3.05) is 31.8 Å². The van der Waals surface area contributed by atoms with Gasteiger partial charge < -0.3 is 18.9 Å². The predicted molar refractivity (Wildman–Crippen MR) is 147 cm³/mol. The van der Waals surface area contributed by atoms with Crippen molar-refractivity contribution in [3.63, 3.8) is 0 Å². The van der Waals surface area contributed by atoms with Crippen LogP contribution in [0, 0.1) is 6.92 Å². The zero-order valence-corrected chi connectivity index (χ0v) is 22.1. The number of carbonyl (C=O) groups excluding carboxylic acids is 1. The lowest BCUT2D eigenvalue weighted by Crippen LogP contribution is -2.28. The van der Waals surface area contributed by atoms with E-state index in [0.29, 0.717) is 30.2 Å². The fourth-order valence-corrected chi connectivity index (χ4v) is 5.18. The van der Waals surface area contributed by atoms with Crippen molar-refractivity contribution < 1.29 is 14.3 Å². The van der Waals surface area contributed by atoms with Crippen LogP contribution in [0.15, 0.2) is 47.5 Å². The number of ether oxygens (including phenoxy) is 2. The highest BCUT2D eigenvalue weighted by atomic mass is 16.5. The lowest BCUT2D eigenvalue weighted by molar-refractivity contribution is 0.0594. The average molecular weight is 525 g/mol. The van der Waals surface area contributed by atoms with Gasteiger partial charge in [0.15, 0.2) is 5.82 Å². The third-order valence-electron chi connectivity index (χ3n) is 7.28. The first-order valence-electron chi connectivity index (χ1n) is 12.9. The maximum atomic E-state index is 12.8. The van der Waals surface area contributed by atoms with E-state index in [9.17, 15) is 9.59 Å². The van der Waals surface area contributed by atoms with Gasteiger partial charge in [-0.25, -0.2) is 24.7 Å². The van der Waals surface area contributed by atoms with E-state index < -0.39 is 5.97 Å². The molecule has 198 valence electrons. The van der Waals surface area contributed by atoms with Gasteiger partial charge in [-0.2, -0.15) is 0 Å². The van der Waals surface area contributed by atoms with Gasteiger partial charge in [0.1, 0.15) is 11.5 Å². The van der Waals surface area contributed by atoms with Gasteiger partial charge in [0, 0.05) is 36.3 Å². The van der Waals surface area contributed by atoms with Crippen LogP contribution < -0.4 is 10.5 Å². The number of esters is 1. The molecular formula is C29H28N6O4. The Morgan fingerprint density at radius 2 is 1.97 bits per heavy atom. The fraction of sp³-hybridized carbons (Fsp3) is 0.310. The number of fused-ring (bicyclic) bond motifs is 2. The molecule has 0 amide bonds. The summed E-state index contributed by atoms with van der Waals surface area (Å²) in [5.41, 5.74) is 6.18. The van der Waals surface area contributed by atoms with E-state index in [0.717, 1.165) is 65.2 Å². The summed E-state index contributed by atoms with van der Waals surface area (Å²) in [6.07, 6.45) is 7.92. The molecule has 4 aromatic rings. The van der Waals surface area contributed by atoms with E-state index >= 15 is 0 Å². The molecule has 10 heteroatoms. The van der Waals surface area contributed by atoms with Crippen molar-refractivity contribution in [3.05, 3.63) is 75.7 Å². The summed E-state index contributed by atoms with van der Waals surface area (Å²) in [7, 11) is 3.13. The quantitative estimate of drug-likeness (QED) is 0.368. The molecule has 0 N–H and O–H groups in total. The minimum Gasteiger partial charge on any atom is -0.464 e. The van der Waals surface area contributed by atoms with Gasteiger partial charge in [0.2, 0.25) is 0 Å². The van der Waals surface area contributed by atoms with Crippen molar-refractivity contribution in [2.45, 2.75) is 26.2 Å². The van der Waals surface area contributed by atoms with E-state index in [4.69, 9.17) is 19.4 Å². The topological polar surface area (TPSA) is 112 Å². The van der Waals surface area contributed by atoms with Crippen LogP contribution in [-0.4, -0.2) is 57.3 Å². The molecule has 2 aliphatic heterocycles. The van der Waals surface area contributed by atoms with Crippen LogP contribution in [0.1, 0.15) is 40.3 Å². The highest BCUT2D eigenvalue weighted by Gasteiger charge is 2.26. The molecule has 0 bridgehead atoms. The number of anilines is 2. The third-order valence-corrected chi connectivity index (χ3v) is 7.28. The van der Waals surface area contributed by atoms with Crippen LogP contribution in [0.2, 0.25) is 0 Å². The zero-order valence-electron chi connectivity index (χ0n) is 22.1. The fourth-order valence-electron chi connectivity index (χ4n) is 5.18. The summed E-state index contributed by atoms with van der Waals surface area (Å²) >= 11 is 0. The van der Waals surface area contributed by atoms with E-state index in [1.165, 1.54) is 7.11 Å². The molecule has 10 nitrogen and oxygen atoms in total. The predicted octanol–water partition coefficient (Wildman–Crippen LogP) is 3.77. The number of nitrogens with zero attached hydrogens (tertiary/aromatic N) is 6. The smallest absolute Gasteiger partial charge is 0.356 e. The van der Waals surface area contributed by atoms with Gasteiger partial charge in [0.05, 0.1) is 49.1 Å². The van der Waals surface area contributed by atoms with Gasteiger partial charge in [-0.15, -0.1) is 0 Å². The van der Waals surface area contributed by atoms with Crippen LogP contribution >= 0.6 is 0 Å². The van der Waals surface area contributed by atoms with Gasteiger partial charge in [0.25, 0.3) is 5.56 Å². The summed E-state index contributed by atoms with van der Waals surface area (Å²) < 4.78 is 12.0. The average Bonchev–Trinajstić information content (AvgIpc) is 2.99. The molecule has 0 atom stereocenters. The van der Waals surface area contributed by atoms with Crippen LogP contribution in [-0.2, 0) is 22.9 Å². The van der Waals surface area contributed by atoms with Crippen molar-refractivity contribution in [2.24, 2.45) is 7.05 Å². The molecule has 0 spiro atoms. The lowest BCUT2D eigenvalue weighted by Gasteiger charge is -2.31. The second kappa shape index (κ2) is 10.0. The molecule has 0 saturated carbocycles. The Hall–Kier alpha value is -4.44. The Morgan fingerprint density at radius 1 is 1.10 bits per heavy atom. The molecular weight excluding hydrogens is 496 g/mol. The number of methoxy groups -OCH3 is 1. The van der Waals surface area contributed by atoms with E-state index in [-0.39, 0.29) is 11.3 Å². The Bertz CT molecular complexity index is 1690. The number of aromatic nitrogens is 5. The van der Waals surface area contributed by atoms with Crippen molar-refractivity contribution in [1.82, 2.24) is 24.5 Å². The van der Waals surface area contributed by atoms with E-state index in [2.05, 4.69) is 20.9 Å². The number of carbonyl (C=O) groups is 1. The molecule has 0 unspecified atom stereocenters. The first-order chi connectivity index (χ1) is 18.9. The summed E-state index contributed by atoms with van der Waals surface area (Å²) in [4.78, 5) is 45.6. The summed E-state index contributed by atoms with van der Waals surface area (Å²) in [6, 6.07) is 7.31. The summed E-state index contributed by atoms with van der Waals surface area (Å²) in [5, 5.41) is 0.908. The second-order valence-electron chi connectivity index (χ2n) is 9.71. The number of hydrogen-bond donors (Lipinski definition) is 0. The molecule has 2 aliphatic rings. The van der Waals surface area contributed by atoms with Crippen LogP contribution in [0.4, 0.5) is 11.5 Å².